The van der Waals surface area contributed by atoms with Crippen LogP contribution in [0.3, 0.4) is 0 Å². The molecule has 0 fully saturated rings. The Hall–Kier alpha value is -2.54. The van der Waals surface area contributed by atoms with Crippen LogP contribution >= 0.6 is 0 Å². The molecule has 2 aromatic heterocycles. The molecule has 0 unspecified atom stereocenters. The highest BCUT2D eigenvalue weighted by Gasteiger charge is 2.12. The maximum Gasteiger partial charge on any atom is 0.203 e. The van der Waals surface area contributed by atoms with Gasteiger partial charge in [-0.2, -0.15) is 0 Å². The van der Waals surface area contributed by atoms with E-state index in [4.69, 9.17) is 4.74 Å². The second kappa shape index (κ2) is 5.84. The van der Waals surface area contributed by atoms with Gasteiger partial charge in [0.25, 0.3) is 0 Å². The molecule has 0 amide bonds. The van der Waals surface area contributed by atoms with Crippen LogP contribution in [-0.2, 0) is 4.74 Å². The number of nitrogens with one attached hydrogen (secondary N) is 1. The predicted octanol–water partition coefficient (Wildman–Crippen LogP) is 1.99. The maximum atomic E-state index is 13.3. The molecule has 0 saturated carbocycles. The predicted molar refractivity (Wildman–Crippen MR) is 76.5 cm³/mol. The van der Waals surface area contributed by atoms with Crippen molar-refractivity contribution in [1.29, 1.82) is 0 Å². The number of hydrogen-bond donors (Lipinski definition) is 1. The Bertz CT molecular complexity index is 758. The first-order valence-electron chi connectivity index (χ1n) is 6.48. The number of methoxy groups -OCH3 is 1. The molecule has 3 rings (SSSR count). The van der Waals surface area contributed by atoms with Crippen LogP contribution in [0.25, 0.3) is 17.0 Å². The molecule has 108 valence electrons. The van der Waals surface area contributed by atoms with Gasteiger partial charge in [-0.25, -0.2) is 9.37 Å². The van der Waals surface area contributed by atoms with Crippen molar-refractivity contribution in [2.24, 2.45) is 0 Å². The van der Waals surface area contributed by atoms with Gasteiger partial charge in [0.05, 0.1) is 6.61 Å². The van der Waals surface area contributed by atoms with Gasteiger partial charge in [-0.1, -0.05) is 12.1 Å². The third-order valence-corrected chi connectivity index (χ3v) is 3.01. The molecule has 7 heteroatoms. The summed E-state index contributed by atoms with van der Waals surface area (Å²) in [4.78, 5) is 4.24. The van der Waals surface area contributed by atoms with E-state index in [-0.39, 0.29) is 5.82 Å². The molecule has 1 aromatic carbocycles. The zero-order chi connectivity index (χ0) is 14.7. The SMILES string of the molecule is COCCNc1nccn2c(-c3cccc(F)c3)nnc12. The molecular weight excluding hydrogens is 273 g/mol. The average molecular weight is 287 g/mol. The lowest BCUT2D eigenvalue weighted by Gasteiger charge is -2.06. The van der Waals surface area contributed by atoms with Crippen molar-refractivity contribution in [3.63, 3.8) is 0 Å². The summed E-state index contributed by atoms with van der Waals surface area (Å²) in [6, 6.07) is 6.25. The van der Waals surface area contributed by atoms with Gasteiger partial charge in [0.1, 0.15) is 5.82 Å². The number of halogens is 1. The molecule has 0 aliphatic carbocycles. The first kappa shape index (κ1) is 13.4. The Labute approximate surface area is 120 Å². The van der Waals surface area contributed by atoms with E-state index in [0.29, 0.717) is 36.0 Å². The summed E-state index contributed by atoms with van der Waals surface area (Å²) >= 11 is 0. The minimum absolute atomic E-state index is 0.309. The summed E-state index contributed by atoms with van der Waals surface area (Å²) in [6.45, 7) is 1.18. The highest BCUT2D eigenvalue weighted by Crippen LogP contribution is 2.21. The first-order chi connectivity index (χ1) is 10.3. The van der Waals surface area contributed by atoms with Gasteiger partial charge in [-0.3, -0.25) is 4.40 Å². The molecule has 1 N–H and O–H groups in total. The van der Waals surface area contributed by atoms with Gasteiger partial charge in [0.2, 0.25) is 5.65 Å². The van der Waals surface area contributed by atoms with Crippen molar-refractivity contribution in [2.45, 2.75) is 0 Å². The van der Waals surface area contributed by atoms with Crippen molar-refractivity contribution in [1.82, 2.24) is 19.6 Å². The minimum atomic E-state index is -0.309. The average Bonchev–Trinajstić information content (AvgIpc) is 2.92. The van der Waals surface area contributed by atoms with Gasteiger partial charge in [-0.05, 0) is 12.1 Å². The lowest BCUT2D eigenvalue weighted by atomic mass is 10.2. The Balaban J connectivity index is 2.01. The van der Waals surface area contributed by atoms with Crippen molar-refractivity contribution in [2.75, 3.05) is 25.6 Å². The van der Waals surface area contributed by atoms with Crippen LogP contribution in [0, 0.1) is 5.82 Å². The number of nitrogens with zero attached hydrogens (tertiary/aromatic N) is 4. The number of hydrogen-bond acceptors (Lipinski definition) is 5. The van der Waals surface area contributed by atoms with E-state index >= 15 is 0 Å². The largest absolute Gasteiger partial charge is 0.383 e. The molecule has 0 aliphatic heterocycles. The highest BCUT2D eigenvalue weighted by atomic mass is 19.1. The molecule has 21 heavy (non-hydrogen) atoms. The number of anilines is 1. The van der Waals surface area contributed by atoms with E-state index in [0.717, 1.165) is 0 Å². The summed E-state index contributed by atoms with van der Waals surface area (Å²) in [5, 5.41) is 11.4. The van der Waals surface area contributed by atoms with Crippen LogP contribution in [0.4, 0.5) is 10.2 Å². The number of rotatable bonds is 5. The number of benzene rings is 1. The Morgan fingerprint density at radius 2 is 2.24 bits per heavy atom. The van der Waals surface area contributed by atoms with Gasteiger partial charge in [-0.15, -0.1) is 10.2 Å². The van der Waals surface area contributed by atoms with Crippen LogP contribution < -0.4 is 5.32 Å². The maximum absolute atomic E-state index is 13.3. The summed E-state index contributed by atoms with van der Waals surface area (Å²) in [5.74, 6) is 0.878. The molecule has 0 bridgehead atoms. The van der Waals surface area contributed by atoms with Gasteiger partial charge in [0.15, 0.2) is 11.6 Å². The molecule has 0 saturated heterocycles. The van der Waals surface area contributed by atoms with Crippen molar-refractivity contribution < 1.29 is 9.13 Å². The summed E-state index contributed by atoms with van der Waals surface area (Å²) in [7, 11) is 1.63. The van der Waals surface area contributed by atoms with Gasteiger partial charge in [0, 0.05) is 31.6 Å². The van der Waals surface area contributed by atoms with E-state index in [9.17, 15) is 4.39 Å². The molecular formula is C14H14FN5O. The summed E-state index contributed by atoms with van der Waals surface area (Å²) in [6.07, 6.45) is 3.39. The van der Waals surface area contributed by atoms with E-state index in [1.807, 2.05) is 0 Å². The summed E-state index contributed by atoms with van der Waals surface area (Å²) in [5.41, 5.74) is 1.25. The van der Waals surface area contributed by atoms with Crippen LogP contribution in [-0.4, -0.2) is 39.8 Å². The van der Waals surface area contributed by atoms with Crippen LogP contribution in [0.1, 0.15) is 0 Å². The second-order valence-corrected chi connectivity index (χ2v) is 4.42. The van der Waals surface area contributed by atoms with Crippen molar-refractivity contribution in [3.8, 4) is 11.4 Å². The summed E-state index contributed by atoms with van der Waals surface area (Å²) < 4.78 is 20.1. The topological polar surface area (TPSA) is 64.3 Å². The van der Waals surface area contributed by atoms with Crippen LogP contribution in [0.2, 0.25) is 0 Å². The quantitative estimate of drug-likeness (QED) is 0.727. The van der Waals surface area contributed by atoms with Gasteiger partial charge < -0.3 is 10.1 Å². The third-order valence-electron chi connectivity index (χ3n) is 3.01. The Kier molecular flexibility index (Phi) is 3.74. The molecule has 0 aliphatic rings. The molecule has 0 spiro atoms. The lowest BCUT2D eigenvalue weighted by molar-refractivity contribution is 0.210. The fourth-order valence-electron chi connectivity index (χ4n) is 2.05. The zero-order valence-corrected chi connectivity index (χ0v) is 11.5. The fourth-order valence-corrected chi connectivity index (χ4v) is 2.05. The van der Waals surface area contributed by atoms with Crippen molar-refractivity contribution >= 4 is 11.5 Å². The van der Waals surface area contributed by atoms with Crippen molar-refractivity contribution in [3.05, 3.63) is 42.5 Å². The number of fused-ring (bicyclic) bond motifs is 1. The van der Waals surface area contributed by atoms with E-state index in [2.05, 4.69) is 20.5 Å². The monoisotopic (exact) mass is 287 g/mol. The van der Waals surface area contributed by atoms with E-state index < -0.39 is 0 Å². The smallest absolute Gasteiger partial charge is 0.203 e. The highest BCUT2D eigenvalue weighted by molar-refractivity contribution is 5.67. The molecule has 3 aromatic rings. The molecule has 2 heterocycles. The first-order valence-corrected chi connectivity index (χ1v) is 6.48. The minimum Gasteiger partial charge on any atom is -0.383 e. The normalized spacial score (nSPS) is 11.0. The van der Waals surface area contributed by atoms with Gasteiger partial charge >= 0.3 is 0 Å². The molecule has 6 nitrogen and oxygen atoms in total. The number of aromatic nitrogens is 4. The van der Waals surface area contributed by atoms with E-state index in [1.54, 1.807) is 36.0 Å². The third kappa shape index (κ3) is 2.68. The number of ether oxygens (including phenoxy) is 1. The second-order valence-electron chi connectivity index (χ2n) is 4.42. The van der Waals surface area contributed by atoms with E-state index in [1.165, 1.54) is 12.1 Å². The molecule has 0 radical (unpaired) electrons. The standard InChI is InChI=1S/C14H14FN5O/c1-21-8-6-17-12-14-19-18-13(20(14)7-5-16-12)10-3-2-4-11(15)9-10/h2-5,7,9H,6,8H2,1H3,(H,16,17). The zero-order valence-electron chi connectivity index (χ0n) is 11.5. The van der Waals surface area contributed by atoms with Crippen LogP contribution in [0.5, 0.6) is 0 Å². The fraction of sp³-hybridized carbons (Fsp3) is 0.214. The Morgan fingerprint density at radius 1 is 1.33 bits per heavy atom. The lowest BCUT2D eigenvalue weighted by Crippen LogP contribution is -2.10. The Morgan fingerprint density at radius 3 is 3.05 bits per heavy atom. The molecule has 0 atom stereocenters. The van der Waals surface area contributed by atoms with Crippen LogP contribution in [0.15, 0.2) is 36.7 Å².